The Morgan fingerprint density at radius 2 is 2.16 bits per heavy atom. The zero-order valence-electron chi connectivity index (χ0n) is 9.40. The van der Waals surface area contributed by atoms with E-state index in [4.69, 9.17) is 4.42 Å². The second-order valence-electron chi connectivity index (χ2n) is 3.72. The van der Waals surface area contributed by atoms with E-state index in [0.29, 0.717) is 5.52 Å². The fraction of sp³-hybridized carbons (Fsp3) is 0.300. The van der Waals surface area contributed by atoms with Gasteiger partial charge in [-0.15, -0.1) is 0 Å². The molecule has 0 spiro atoms. The van der Waals surface area contributed by atoms with Crippen LogP contribution in [0.1, 0.15) is 6.42 Å². The van der Waals surface area contributed by atoms with Gasteiger partial charge < -0.3 is 9.73 Å². The molecule has 0 saturated heterocycles. The minimum Gasteiger partial charge on any atom is -0.423 e. The summed E-state index contributed by atoms with van der Waals surface area (Å²) >= 11 is 0. The number of rotatable bonds is 4. The zero-order valence-corrected chi connectivity index (χ0v) is 9.40. The van der Waals surface area contributed by atoms with E-state index in [2.05, 4.69) is 10.3 Å². The second-order valence-corrected chi connectivity index (χ2v) is 3.72. The molecule has 19 heavy (non-hydrogen) atoms. The number of non-ortho nitro benzene ring substituents is 1. The van der Waals surface area contributed by atoms with Gasteiger partial charge in [0.15, 0.2) is 5.58 Å². The maximum Gasteiger partial charge on any atom is 0.390 e. The standard InChI is InChI=1S/C10H8F3N3O3/c11-10(12,13)3-4-14-9-15-7-2-1-6(16(17)18)5-8(7)19-9/h1-2,5H,3-4H2,(H,14,15). The summed E-state index contributed by atoms with van der Waals surface area (Å²) in [6.07, 6.45) is -5.29. The minimum absolute atomic E-state index is 0.0975. The highest BCUT2D eigenvalue weighted by atomic mass is 19.4. The van der Waals surface area contributed by atoms with E-state index in [1.54, 1.807) is 0 Å². The SMILES string of the molecule is O=[N+]([O-])c1ccc2nc(NCCC(F)(F)F)oc2c1. The average molecular weight is 275 g/mol. The molecule has 2 aromatic rings. The van der Waals surface area contributed by atoms with Gasteiger partial charge in [-0.05, 0) is 6.07 Å². The first-order chi connectivity index (χ1) is 8.85. The summed E-state index contributed by atoms with van der Waals surface area (Å²) in [4.78, 5) is 13.8. The molecule has 0 amide bonds. The van der Waals surface area contributed by atoms with E-state index < -0.39 is 17.5 Å². The van der Waals surface area contributed by atoms with Gasteiger partial charge >= 0.3 is 6.18 Å². The summed E-state index contributed by atoms with van der Waals surface area (Å²) in [6.45, 7) is -0.377. The lowest BCUT2D eigenvalue weighted by atomic mass is 10.3. The molecule has 0 bridgehead atoms. The third kappa shape index (κ3) is 3.33. The van der Waals surface area contributed by atoms with Gasteiger partial charge in [-0.2, -0.15) is 18.2 Å². The number of nitro benzene ring substituents is 1. The van der Waals surface area contributed by atoms with Crippen LogP contribution in [0.5, 0.6) is 0 Å². The van der Waals surface area contributed by atoms with Gasteiger partial charge in [-0.3, -0.25) is 10.1 Å². The van der Waals surface area contributed by atoms with Crippen LogP contribution < -0.4 is 5.32 Å². The van der Waals surface area contributed by atoms with Crippen LogP contribution in [0.2, 0.25) is 0 Å². The van der Waals surface area contributed by atoms with Gasteiger partial charge in [0.05, 0.1) is 17.4 Å². The normalized spacial score (nSPS) is 11.7. The molecule has 0 aliphatic heterocycles. The number of halogens is 3. The van der Waals surface area contributed by atoms with Crippen molar-refractivity contribution in [2.24, 2.45) is 0 Å². The number of alkyl halides is 3. The summed E-state index contributed by atoms with van der Waals surface area (Å²) < 4.78 is 40.9. The van der Waals surface area contributed by atoms with Crippen LogP contribution in [0.25, 0.3) is 11.1 Å². The lowest BCUT2D eigenvalue weighted by Gasteiger charge is -2.05. The lowest BCUT2D eigenvalue weighted by molar-refractivity contribution is -0.384. The van der Waals surface area contributed by atoms with Crippen molar-refractivity contribution in [3.63, 3.8) is 0 Å². The zero-order chi connectivity index (χ0) is 14.0. The number of anilines is 1. The summed E-state index contributed by atoms with van der Waals surface area (Å²) in [5.41, 5.74) is 0.300. The molecular weight excluding hydrogens is 267 g/mol. The first-order valence-electron chi connectivity index (χ1n) is 5.21. The van der Waals surface area contributed by atoms with E-state index in [-0.39, 0.29) is 23.8 Å². The van der Waals surface area contributed by atoms with Crippen molar-refractivity contribution < 1.29 is 22.5 Å². The Hall–Kier alpha value is -2.32. The molecule has 102 valence electrons. The fourth-order valence-corrected chi connectivity index (χ4v) is 1.41. The van der Waals surface area contributed by atoms with Gasteiger partial charge in [0.1, 0.15) is 5.52 Å². The Morgan fingerprint density at radius 1 is 1.42 bits per heavy atom. The van der Waals surface area contributed by atoms with Gasteiger partial charge in [-0.25, -0.2) is 0 Å². The molecule has 0 saturated carbocycles. The van der Waals surface area contributed by atoms with E-state index in [1.807, 2.05) is 0 Å². The Bertz CT molecular complexity index is 609. The Balaban J connectivity index is 2.11. The van der Waals surface area contributed by atoms with Crippen LogP contribution in [0.4, 0.5) is 24.9 Å². The molecule has 0 atom stereocenters. The molecule has 0 unspecified atom stereocenters. The Kier molecular flexibility index (Phi) is 3.28. The molecule has 0 aliphatic carbocycles. The highest BCUT2D eigenvalue weighted by molar-refractivity contribution is 5.77. The fourth-order valence-electron chi connectivity index (χ4n) is 1.41. The van der Waals surface area contributed by atoms with E-state index >= 15 is 0 Å². The van der Waals surface area contributed by atoms with Crippen molar-refractivity contribution in [2.75, 3.05) is 11.9 Å². The Labute approximate surface area is 104 Å². The van der Waals surface area contributed by atoms with Crippen LogP contribution in [0.15, 0.2) is 22.6 Å². The van der Waals surface area contributed by atoms with Crippen molar-refractivity contribution in [1.29, 1.82) is 0 Å². The highest BCUT2D eigenvalue weighted by Gasteiger charge is 2.26. The molecule has 1 aromatic heterocycles. The summed E-state index contributed by atoms with van der Waals surface area (Å²) in [5.74, 6) is 0. The molecule has 9 heteroatoms. The van der Waals surface area contributed by atoms with E-state index in [1.165, 1.54) is 12.1 Å². The minimum atomic E-state index is -4.27. The van der Waals surface area contributed by atoms with Gasteiger partial charge in [0.25, 0.3) is 11.7 Å². The van der Waals surface area contributed by atoms with Crippen molar-refractivity contribution in [3.8, 4) is 0 Å². The first kappa shape index (κ1) is 13.1. The first-order valence-corrected chi connectivity index (χ1v) is 5.21. The second kappa shape index (κ2) is 4.75. The summed E-state index contributed by atoms with van der Waals surface area (Å²) in [5, 5.41) is 12.9. The quantitative estimate of drug-likeness (QED) is 0.684. The molecule has 0 aliphatic rings. The van der Waals surface area contributed by atoms with E-state index in [0.717, 1.165) is 6.07 Å². The highest BCUT2D eigenvalue weighted by Crippen LogP contribution is 2.24. The monoisotopic (exact) mass is 275 g/mol. The number of nitrogens with zero attached hydrogens (tertiary/aromatic N) is 2. The molecule has 0 fully saturated rings. The number of aromatic nitrogens is 1. The summed E-state index contributed by atoms with van der Waals surface area (Å²) in [6, 6.07) is 3.67. The number of nitro groups is 1. The predicted molar refractivity (Wildman–Crippen MR) is 59.8 cm³/mol. The number of nitrogens with one attached hydrogen (secondary N) is 1. The topological polar surface area (TPSA) is 81.2 Å². The molecule has 0 radical (unpaired) electrons. The van der Waals surface area contributed by atoms with Crippen LogP contribution in [-0.4, -0.2) is 22.6 Å². The van der Waals surface area contributed by atoms with Crippen molar-refractivity contribution >= 4 is 22.8 Å². The number of benzene rings is 1. The smallest absolute Gasteiger partial charge is 0.390 e. The van der Waals surface area contributed by atoms with Crippen molar-refractivity contribution in [3.05, 3.63) is 28.3 Å². The third-order valence-electron chi connectivity index (χ3n) is 2.27. The summed E-state index contributed by atoms with van der Waals surface area (Å²) in [7, 11) is 0. The van der Waals surface area contributed by atoms with E-state index in [9.17, 15) is 23.3 Å². The molecule has 2 rings (SSSR count). The van der Waals surface area contributed by atoms with Gasteiger partial charge in [0, 0.05) is 12.6 Å². The number of hydrogen-bond acceptors (Lipinski definition) is 5. The number of oxazole rings is 1. The van der Waals surface area contributed by atoms with Crippen LogP contribution in [0, 0.1) is 10.1 Å². The number of fused-ring (bicyclic) bond motifs is 1. The third-order valence-corrected chi connectivity index (χ3v) is 2.27. The average Bonchev–Trinajstić information content (AvgIpc) is 2.68. The molecule has 1 N–H and O–H groups in total. The van der Waals surface area contributed by atoms with Crippen LogP contribution in [0.3, 0.4) is 0 Å². The van der Waals surface area contributed by atoms with Gasteiger partial charge in [-0.1, -0.05) is 0 Å². The maximum absolute atomic E-state index is 11.9. The molecule has 1 heterocycles. The van der Waals surface area contributed by atoms with Crippen molar-refractivity contribution in [1.82, 2.24) is 4.98 Å². The van der Waals surface area contributed by atoms with Crippen LogP contribution >= 0.6 is 0 Å². The largest absolute Gasteiger partial charge is 0.423 e. The Morgan fingerprint density at radius 3 is 2.79 bits per heavy atom. The molecule has 6 nitrogen and oxygen atoms in total. The predicted octanol–water partition coefficient (Wildman–Crippen LogP) is 3.10. The maximum atomic E-state index is 11.9. The van der Waals surface area contributed by atoms with Crippen LogP contribution in [-0.2, 0) is 0 Å². The van der Waals surface area contributed by atoms with Gasteiger partial charge in [0.2, 0.25) is 0 Å². The molecule has 1 aromatic carbocycles. The van der Waals surface area contributed by atoms with Crippen molar-refractivity contribution in [2.45, 2.75) is 12.6 Å². The molecular formula is C10H8F3N3O3. The lowest BCUT2D eigenvalue weighted by Crippen LogP contribution is -2.14. The number of hydrogen-bond donors (Lipinski definition) is 1.